The van der Waals surface area contributed by atoms with Gasteiger partial charge in [-0.3, -0.25) is 0 Å². The van der Waals surface area contributed by atoms with Gasteiger partial charge in [-0.15, -0.1) is 0 Å². The molecular weight excluding hydrogens is 259 g/mol. The molecule has 0 spiro atoms. The van der Waals surface area contributed by atoms with Gasteiger partial charge in [0.15, 0.2) is 23.1 Å². The zero-order chi connectivity index (χ0) is 14.4. The first-order chi connectivity index (χ1) is 9.76. The fraction of sp³-hybridized carbons (Fsp3) is 0.250. The molecule has 0 heterocycles. The number of hydrogen-bond donors (Lipinski definition) is 1. The normalized spacial score (nSPS) is 10.3. The third-order valence-corrected chi connectivity index (χ3v) is 2.74. The maximum absolute atomic E-state index is 13.8. The molecule has 0 atom stereocenters. The molecule has 0 aliphatic carbocycles. The Morgan fingerprint density at radius 3 is 2.50 bits per heavy atom. The monoisotopic (exact) mass is 276 g/mol. The molecule has 2 aromatic rings. The van der Waals surface area contributed by atoms with Crippen LogP contribution in [-0.4, -0.2) is 11.7 Å². The van der Waals surface area contributed by atoms with Crippen molar-refractivity contribution in [2.24, 2.45) is 0 Å². The molecule has 0 aliphatic heterocycles. The topological polar surface area (TPSA) is 38.7 Å². The van der Waals surface area contributed by atoms with Crippen molar-refractivity contribution in [3.8, 4) is 17.2 Å². The molecule has 20 heavy (non-hydrogen) atoms. The Morgan fingerprint density at radius 2 is 1.80 bits per heavy atom. The quantitative estimate of drug-likeness (QED) is 0.869. The number of benzene rings is 2. The Bertz CT molecular complexity index is 569. The number of ether oxygens (including phenoxy) is 2. The summed E-state index contributed by atoms with van der Waals surface area (Å²) in [5.74, 6) is 0.506. The van der Waals surface area contributed by atoms with E-state index >= 15 is 0 Å². The first-order valence-electron chi connectivity index (χ1n) is 6.54. The molecule has 0 amide bonds. The minimum Gasteiger partial charge on any atom is -0.490 e. The minimum absolute atomic E-state index is 0.0301. The summed E-state index contributed by atoms with van der Waals surface area (Å²) in [4.78, 5) is 0. The minimum atomic E-state index is -0.512. The third-order valence-electron chi connectivity index (χ3n) is 2.74. The molecule has 4 heteroatoms. The van der Waals surface area contributed by atoms with Gasteiger partial charge in [-0.1, -0.05) is 31.2 Å². The molecular formula is C16H17FO3. The van der Waals surface area contributed by atoms with E-state index in [9.17, 15) is 9.50 Å². The zero-order valence-electron chi connectivity index (χ0n) is 11.3. The predicted molar refractivity (Wildman–Crippen MR) is 74.6 cm³/mol. The first-order valence-corrected chi connectivity index (χ1v) is 6.54. The van der Waals surface area contributed by atoms with E-state index in [0.717, 1.165) is 6.42 Å². The van der Waals surface area contributed by atoms with E-state index in [-0.39, 0.29) is 12.4 Å². The Hall–Kier alpha value is -2.07. The van der Waals surface area contributed by atoms with E-state index in [1.807, 2.05) is 13.0 Å². The van der Waals surface area contributed by atoms with Crippen molar-refractivity contribution in [2.75, 3.05) is 6.61 Å². The lowest BCUT2D eigenvalue weighted by Crippen LogP contribution is -1.99. The summed E-state index contributed by atoms with van der Waals surface area (Å²) in [5.41, 5.74) is 0.398. The van der Waals surface area contributed by atoms with E-state index in [4.69, 9.17) is 9.47 Å². The van der Waals surface area contributed by atoms with E-state index in [2.05, 4.69) is 0 Å². The van der Waals surface area contributed by atoms with Crippen LogP contribution in [0, 0.1) is 5.82 Å². The van der Waals surface area contributed by atoms with Gasteiger partial charge in [-0.25, -0.2) is 4.39 Å². The van der Waals surface area contributed by atoms with E-state index in [0.29, 0.717) is 23.7 Å². The fourth-order valence-corrected chi connectivity index (χ4v) is 1.77. The van der Waals surface area contributed by atoms with E-state index in [1.165, 1.54) is 12.1 Å². The lowest BCUT2D eigenvalue weighted by atomic mass is 10.2. The summed E-state index contributed by atoms with van der Waals surface area (Å²) >= 11 is 0. The van der Waals surface area contributed by atoms with Gasteiger partial charge >= 0.3 is 0 Å². The summed E-state index contributed by atoms with van der Waals surface area (Å²) in [7, 11) is 0. The van der Waals surface area contributed by atoms with Gasteiger partial charge in [0, 0.05) is 5.56 Å². The van der Waals surface area contributed by atoms with Crippen molar-refractivity contribution >= 4 is 0 Å². The van der Waals surface area contributed by atoms with Crippen LogP contribution in [0.3, 0.4) is 0 Å². The van der Waals surface area contributed by atoms with Crippen LogP contribution in [0.1, 0.15) is 18.9 Å². The predicted octanol–water partition coefficient (Wildman–Crippen LogP) is 3.90. The average Bonchev–Trinajstić information content (AvgIpc) is 2.48. The van der Waals surface area contributed by atoms with Gasteiger partial charge in [-0.2, -0.15) is 0 Å². The van der Waals surface area contributed by atoms with Crippen LogP contribution in [0.4, 0.5) is 4.39 Å². The smallest absolute Gasteiger partial charge is 0.169 e. The molecule has 0 aliphatic rings. The van der Waals surface area contributed by atoms with E-state index in [1.54, 1.807) is 24.3 Å². The largest absolute Gasteiger partial charge is 0.490 e. The lowest BCUT2D eigenvalue weighted by molar-refractivity contribution is 0.271. The van der Waals surface area contributed by atoms with Crippen LogP contribution in [-0.2, 0) is 6.61 Å². The van der Waals surface area contributed by atoms with Crippen LogP contribution in [0.15, 0.2) is 42.5 Å². The molecule has 2 aromatic carbocycles. The number of rotatable bonds is 6. The highest BCUT2D eigenvalue weighted by molar-refractivity contribution is 5.45. The molecule has 106 valence electrons. The molecule has 3 nitrogen and oxygen atoms in total. The van der Waals surface area contributed by atoms with Crippen molar-refractivity contribution < 1.29 is 19.0 Å². The Morgan fingerprint density at radius 1 is 1.05 bits per heavy atom. The molecule has 0 fully saturated rings. The Labute approximate surface area is 117 Å². The average molecular weight is 276 g/mol. The summed E-state index contributed by atoms with van der Waals surface area (Å²) < 4.78 is 25.0. The second-order valence-corrected chi connectivity index (χ2v) is 4.28. The summed E-state index contributed by atoms with van der Waals surface area (Å²) in [6.07, 6.45) is 0.871. The first kappa shape index (κ1) is 14.3. The molecule has 0 saturated heterocycles. The summed E-state index contributed by atoms with van der Waals surface area (Å²) in [6, 6.07) is 11.5. The summed E-state index contributed by atoms with van der Waals surface area (Å²) in [6.45, 7) is 2.28. The van der Waals surface area contributed by atoms with Crippen molar-refractivity contribution in [1.29, 1.82) is 0 Å². The zero-order valence-corrected chi connectivity index (χ0v) is 11.3. The van der Waals surface area contributed by atoms with Crippen LogP contribution >= 0.6 is 0 Å². The molecule has 0 bridgehead atoms. The molecule has 0 aromatic heterocycles. The second-order valence-electron chi connectivity index (χ2n) is 4.28. The van der Waals surface area contributed by atoms with Crippen LogP contribution in [0.5, 0.6) is 17.2 Å². The fourth-order valence-electron chi connectivity index (χ4n) is 1.77. The molecule has 0 radical (unpaired) electrons. The van der Waals surface area contributed by atoms with Gasteiger partial charge in [0.1, 0.15) is 0 Å². The molecule has 2 rings (SSSR count). The Kier molecular flexibility index (Phi) is 4.96. The summed E-state index contributed by atoms with van der Waals surface area (Å²) in [5, 5.41) is 9.25. The highest BCUT2D eigenvalue weighted by atomic mass is 19.1. The number of aliphatic hydroxyl groups is 1. The number of hydrogen-bond acceptors (Lipinski definition) is 3. The number of para-hydroxylation sites is 3. The Balaban J connectivity index is 2.30. The van der Waals surface area contributed by atoms with Crippen molar-refractivity contribution in [1.82, 2.24) is 0 Å². The van der Waals surface area contributed by atoms with Gasteiger partial charge in [-0.05, 0) is 24.6 Å². The van der Waals surface area contributed by atoms with E-state index < -0.39 is 5.82 Å². The molecule has 0 unspecified atom stereocenters. The van der Waals surface area contributed by atoms with Crippen molar-refractivity contribution in [3.05, 3.63) is 53.8 Å². The number of aliphatic hydroxyl groups excluding tert-OH is 1. The lowest BCUT2D eigenvalue weighted by Gasteiger charge is -2.14. The SMILES string of the molecule is CCCOc1ccccc1Oc1c(F)cccc1CO. The van der Waals surface area contributed by atoms with Crippen molar-refractivity contribution in [3.63, 3.8) is 0 Å². The van der Waals surface area contributed by atoms with Crippen LogP contribution < -0.4 is 9.47 Å². The maximum atomic E-state index is 13.8. The third kappa shape index (κ3) is 3.27. The molecule has 0 saturated carbocycles. The molecule has 1 N–H and O–H groups in total. The van der Waals surface area contributed by atoms with Gasteiger partial charge in [0.05, 0.1) is 13.2 Å². The second kappa shape index (κ2) is 6.91. The van der Waals surface area contributed by atoms with Gasteiger partial charge in [0.25, 0.3) is 0 Å². The van der Waals surface area contributed by atoms with Crippen LogP contribution in [0.2, 0.25) is 0 Å². The highest BCUT2D eigenvalue weighted by Crippen LogP contribution is 2.34. The standard InChI is InChI=1S/C16H17FO3/c1-2-10-19-14-8-3-4-9-15(14)20-16-12(11-18)6-5-7-13(16)17/h3-9,18H,2,10-11H2,1H3. The van der Waals surface area contributed by atoms with Gasteiger partial charge in [0.2, 0.25) is 0 Å². The van der Waals surface area contributed by atoms with Crippen LogP contribution in [0.25, 0.3) is 0 Å². The maximum Gasteiger partial charge on any atom is 0.169 e. The highest BCUT2D eigenvalue weighted by Gasteiger charge is 2.13. The van der Waals surface area contributed by atoms with Gasteiger partial charge < -0.3 is 14.6 Å². The number of halogens is 1. The van der Waals surface area contributed by atoms with Crippen molar-refractivity contribution in [2.45, 2.75) is 20.0 Å².